The lowest BCUT2D eigenvalue weighted by Crippen LogP contribution is -2.38. The van der Waals surface area contributed by atoms with Gasteiger partial charge < -0.3 is 48.3 Å². The number of aromatic amines is 2. The number of ketones is 2. The number of nitrogens with one attached hydrogen (secondary N) is 2. The quantitative estimate of drug-likeness (QED) is 0.0428. The normalized spacial score (nSPS) is 15.5. The van der Waals surface area contributed by atoms with Crippen LogP contribution >= 0.6 is 23.2 Å². The molecule has 2 aromatic heterocycles. The molecule has 1 unspecified atom stereocenters. The number of hydrogen-bond donors (Lipinski definition) is 2. The third-order valence-electron chi connectivity index (χ3n) is 14.1. The Bertz CT molecular complexity index is 3350. The van der Waals surface area contributed by atoms with Crippen LogP contribution in [0.4, 0.5) is 19.2 Å². The number of benzene rings is 4. The number of aromatic nitrogens is 4. The predicted molar refractivity (Wildman–Crippen MR) is 316 cm³/mol. The third-order valence-corrected chi connectivity index (χ3v) is 14.6. The summed E-state index contributed by atoms with van der Waals surface area (Å²) in [6.07, 6.45) is 1.74. The van der Waals surface area contributed by atoms with E-state index in [9.17, 15) is 43.2 Å². The van der Waals surface area contributed by atoms with E-state index in [2.05, 4.69) is 19.9 Å². The molecular formula is C62H68Cl2N8O14. The number of piperidine rings is 1. The number of esters is 1. The van der Waals surface area contributed by atoms with E-state index in [0.717, 1.165) is 33.5 Å². The minimum atomic E-state index is -0.776. The topological polar surface area (TPSA) is 270 Å². The maximum Gasteiger partial charge on any atom is 0.410 e. The fourth-order valence-electron chi connectivity index (χ4n) is 9.37. The number of ether oxygens (including phenoxy) is 5. The number of halogens is 2. The zero-order valence-corrected chi connectivity index (χ0v) is 49.1. The Labute approximate surface area is 506 Å². The van der Waals surface area contributed by atoms with Gasteiger partial charge in [0.15, 0.2) is 0 Å². The van der Waals surface area contributed by atoms with Crippen molar-refractivity contribution in [3.05, 3.63) is 197 Å². The van der Waals surface area contributed by atoms with Crippen LogP contribution in [-0.2, 0) is 90.2 Å². The number of Topliss-reactive ketones (excluding diaryl/α,β-unsaturated/α-hetero) is 2. The Hall–Kier alpha value is -8.89. The van der Waals surface area contributed by atoms with Crippen LogP contribution in [0.3, 0.4) is 0 Å². The van der Waals surface area contributed by atoms with E-state index in [-0.39, 0.29) is 87.0 Å². The van der Waals surface area contributed by atoms with Gasteiger partial charge in [0.1, 0.15) is 49.1 Å². The number of likely N-dealkylation sites (tertiary alicyclic amines) is 2. The first-order chi connectivity index (χ1) is 41.6. The average Bonchev–Trinajstić information content (AvgIpc) is 4.22. The highest BCUT2D eigenvalue weighted by atomic mass is 35.5. The minimum absolute atomic E-state index is 0.133. The summed E-state index contributed by atoms with van der Waals surface area (Å²) < 4.78 is 26.0. The Morgan fingerprint density at radius 2 is 0.872 bits per heavy atom. The van der Waals surface area contributed by atoms with E-state index in [4.69, 9.17) is 46.9 Å². The molecule has 454 valence electrons. The lowest BCUT2D eigenvalue weighted by Gasteiger charge is -2.25. The summed E-state index contributed by atoms with van der Waals surface area (Å²) in [4.78, 5) is 125. The molecule has 0 bridgehead atoms. The predicted octanol–water partition coefficient (Wildman–Crippen LogP) is 8.48. The molecule has 0 radical (unpaired) electrons. The van der Waals surface area contributed by atoms with Crippen molar-refractivity contribution in [3.63, 3.8) is 0 Å². The third kappa shape index (κ3) is 20.4. The second-order valence-corrected chi connectivity index (χ2v) is 20.7. The van der Waals surface area contributed by atoms with Gasteiger partial charge in [0.25, 0.3) is 5.56 Å². The van der Waals surface area contributed by atoms with Crippen molar-refractivity contribution in [3.8, 4) is 0 Å². The largest absolute Gasteiger partial charge is 0.465 e. The van der Waals surface area contributed by atoms with E-state index in [1.165, 1.54) is 4.90 Å². The molecule has 4 aromatic carbocycles. The van der Waals surface area contributed by atoms with Crippen molar-refractivity contribution in [1.82, 2.24) is 39.5 Å². The van der Waals surface area contributed by atoms with Crippen LogP contribution in [0.5, 0.6) is 0 Å². The molecule has 0 aliphatic carbocycles. The van der Waals surface area contributed by atoms with Gasteiger partial charge in [0, 0.05) is 101 Å². The molecule has 2 saturated heterocycles. The van der Waals surface area contributed by atoms with E-state index < -0.39 is 29.8 Å². The van der Waals surface area contributed by atoms with Crippen molar-refractivity contribution < 1.29 is 57.2 Å². The Morgan fingerprint density at radius 1 is 0.477 bits per heavy atom. The summed E-state index contributed by atoms with van der Waals surface area (Å²) in [6, 6.07) is 37.9. The minimum Gasteiger partial charge on any atom is -0.465 e. The second-order valence-electron chi connectivity index (χ2n) is 20.0. The first-order valence-electron chi connectivity index (χ1n) is 28.2. The van der Waals surface area contributed by atoms with Gasteiger partial charge in [-0.3, -0.25) is 24.2 Å². The van der Waals surface area contributed by atoms with Gasteiger partial charge >= 0.3 is 36.0 Å². The highest BCUT2D eigenvalue weighted by Gasteiger charge is 2.33. The average molecular weight is 1220 g/mol. The summed E-state index contributed by atoms with van der Waals surface area (Å²) in [5.74, 6) is -1.24. The molecule has 4 aliphatic rings. The molecular weight excluding hydrogens is 1150 g/mol. The molecule has 0 saturated carbocycles. The van der Waals surface area contributed by atoms with Gasteiger partial charge in [-0.2, -0.15) is 0 Å². The zero-order valence-electron chi connectivity index (χ0n) is 47.6. The van der Waals surface area contributed by atoms with Gasteiger partial charge in [-0.15, -0.1) is 0 Å². The summed E-state index contributed by atoms with van der Waals surface area (Å²) in [6.45, 7) is 6.23. The Balaban J connectivity index is 0.000000165. The number of carbonyl (C=O) groups excluding carboxylic acids is 7. The van der Waals surface area contributed by atoms with Crippen molar-refractivity contribution in [2.24, 2.45) is 5.92 Å². The van der Waals surface area contributed by atoms with E-state index in [1.54, 1.807) is 21.6 Å². The standard InChI is InChI=1S/C17H21NO5.C16H15Cl2N3O2.C16H17N3O4.C13H15NO3/c1-2-22-16(20)14-8-10-18(11-9-15(14)19)17(21)23-12-13-6-4-3-5-7-13;17-14-12-6-8-21(9-7-13(12)19-15(18)20-14)16(22)23-10-11-4-2-1-3-5-11;20-14-12-6-8-19(9-7-13(12)17-15(21)18-14)16(22)23-10-11-4-2-1-3-5-11;15-12-6-8-14(9-7-12)13(16)17-10-11-4-2-1-3-5-11/h3-7,14H,2,8-12H2,1H3;1-5H,6-10H2;1-5H,6-10H2,(H2,17,18,20,21);1-5H,6-10H2. The molecule has 24 heteroatoms. The van der Waals surface area contributed by atoms with Crippen molar-refractivity contribution >= 4 is 65.1 Å². The molecule has 2 N–H and O–H groups in total. The smallest absolute Gasteiger partial charge is 0.410 e. The molecule has 6 aromatic rings. The fraction of sp³-hybridized carbons (Fsp3) is 0.371. The number of amides is 4. The maximum atomic E-state index is 12.2. The van der Waals surface area contributed by atoms with E-state index in [0.29, 0.717) is 101 Å². The summed E-state index contributed by atoms with van der Waals surface area (Å²) in [5.41, 5.74) is 5.62. The van der Waals surface area contributed by atoms with Crippen LogP contribution < -0.4 is 11.2 Å². The molecule has 0 spiro atoms. The number of nitrogens with zero attached hydrogens (tertiary/aromatic N) is 6. The van der Waals surface area contributed by atoms with Gasteiger partial charge in [-0.1, -0.05) is 133 Å². The first-order valence-corrected chi connectivity index (χ1v) is 29.0. The Morgan fingerprint density at radius 3 is 1.33 bits per heavy atom. The molecule has 2 fully saturated rings. The van der Waals surface area contributed by atoms with Crippen molar-refractivity contribution in [2.45, 2.75) is 84.7 Å². The molecule has 86 heavy (non-hydrogen) atoms. The maximum absolute atomic E-state index is 12.2. The van der Waals surface area contributed by atoms with E-state index in [1.807, 2.05) is 121 Å². The van der Waals surface area contributed by atoms with Gasteiger partial charge in [-0.25, -0.2) is 33.9 Å². The molecule has 4 amide bonds. The van der Waals surface area contributed by atoms with Crippen LogP contribution in [0.15, 0.2) is 131 Å². The van der Waals surface area contributed by atoms with Crippen LogP contribution in [0.25, 0.3) is 0 Å². The van der Waals surface area contributed by atoms with Crippen molar-refractivity contribution in [2.75, 3.05) is 59.0 Å². The van der Waals surface area contributed by atoms with Crippen LogP contribution in [0, 0.1) is 5.92 Å². The van der Waals surface area contributed by atoms with Crippen LogP contribution in [-0.4, -0.2) is 140 Å². The SMILES string of the molecule is CCOC(=O)C1CCN(C(=O)OCc2ccccc2)CCC1=O.O=C(OCc1ccccc1)N1CCc2[nH]c(=O)[nH]c(=O)c2CC1.O=C(OCc1ccccc1)N1CCc2nc(Cl)nc(Cl)c2CC1.O=C1CCN(C(=O)OCc2ccccc2)CC1. The summed E-state index contributed by atoms with van der Waals surface area (Å²) in [5, 5.41) is 0.494. The number of rotatable bonds is 10. The van der Waals surface area contributed by atoms with Gasteiger partial charge in [-0.05, 0) is 60.0 Å². The van der Waals surface area contributed by atoms with Crippen LogP contribution in [0.1, 0.15) is 77.4 Å². The Kier molecular flexibility index (Phi) is 25.2. The highest BCUT2D eigenvalue weighted by Crippen LogP contribution is 2.24. The highest BCUT2D eigenvalue weighted by molar-refractivity contribution is 6.32. The molecule has 10 rings (SSSR count). The van der Waals surface area contributed by atoms with Crippen LogP contribution in [0.2, 0.25) is 10.4 Å². The second kappa shape index (κ2) is 33.6. The first kappa shape index (κ1) is 64.7. The molecule has 1 atom stereocenters. The monoisotopic (exact) mass is 1220 g/mol. The zero-order chi connectivity index (χ0) is 61.2. The summed E-state index contributed by atoms with van der Waals surface area (Å²) in [7, 11) is 0. The fourth-order valence-corrected chi connectivity index (χ4v) is 9.88. The number of carbonyl (C=O) groups is 7. The molecule has 6 heterocycles. The van der Waals surface area contributed by atoms with Gasteiger partial charge in [0.2, 0.25) is 5.28 Å². The summed E-state index contributed by atoms with van der Waals surface area (Å²) >= 11 is 12.0. The lowest BCUT2D eigenvalue weighted by molar-refractivity contribution is -0.151. The van der Waals surface area contributed by atoms with E-state index >= 15 is 0 Å². The number of H-pyrrole nitrogens is 2. The molecule has 22 nitrogen and oxygen atoms in total. The van der Waals surface area contributed by atoms with Gasteiger partial charge in [0.05, 0.1) is 12.3 Å². The number of fused-ring (bicyclic) bond motifs is 2. The molecule has 4 aliphatic heterocycles. The van der Waals surface area contributed by atoms with Crippen molar-refractivity contribution in [1.29, 1.82) is 0 Å². The lowest BCUT2D eigenvalue weighted by atomic mass is 10.00. The number of hydrogen-bond acceptors (Lipinski definition) is 16.